The van der Waals surface area contributed by atoms with Gasteiger partial charge in [-0.05, 0) is 13.0 Å². The zero-order valence-corrected chi connectivity index (χ0v) is 6.29. The van der Waals surface area contributed by atoms with Gasteiger partial charge in [0, 0.05) is 18.7 Å². The van der Waals surface area contributed by atoms with Gasteiger partial charge in [0.1, 0.15) is 0 Å². The summed E-state index contributed by atoms with van der Waals surface area (Å²) in [6, 6.07) is 1.75. The number of aliphatic hydroxyl groups is 1. The third-order valence-electron chi connectivity index (χ3n) is 1.30. The van der Waals surface area contributed by atoms with E-state index >= 15 is 0 Å². The maximum absolute atomic E-state index is 10.7. The average molecular weight is 154 g/mol. The van der Waals surface area contributed by atoms with Gasteiger partial charge in [-0.25, -0.2) is 4.79 Å². The molecule has 1 heterocycles. The van der Waals surface area contributed by atoms with E-state index < -0.39 is 0 Å². The summed E-state index contributed by atoms with van der Waals surface area (Å²) >= 11 is 0. The first kappa shape index (κ1) is 7.94. The predicted octanol–water partition coefficient (Wildman–Crippen LogP) is -0.387. The van der Waals surface area contributed by atoms with E-state index in [0.717, 1.165) is 5.69 Å². The van der Waals surface area contributed by atoms with Gasteiger partial charge < -0.3 is 10.1 Å². The molecule has 0 spiro atoms. The van der Waals surface area contributed by atoms with Gasteiger partial charge in [-0.3, -0.25) is 0 Å². The van der Waals surface area contributed by atoms with Crippen LogP contribution in [0.15, 0.2) is 10.9 Å². The summed E-state index contributed by atoms with van der Waals surface area (Å²) in [5, 5.41) is 8.55. The minimum Gasteiger partial charge on any atom is -0.396 e. The van der Waals surface area contributed by atoms with E-state index in [2.05, 4.69) is 9.97 Å². The van der Waals surface area contributed by atoms with Crippen molar-refractivity contribution >= 4 is 0 Å². The summed E-state index contributed by atoms with van der Waals surface area (Å²) in [7, 11) is 0. The van der Waals surface area contributed by atoms with Crippen molar-refractivity contribution < 1.29 is 5.11 Å². The molecule has 4 heteroatoms. The molecule has 11 heavy (non-hydrogen) atoms. The maximum Gasteiger partial charge on any atom is 0.345 e. The Morgan fingerprint density at radius 3 is 3.00 bits per heavy atom. The molecule has 0 aliphatic carbocycles. The van der Waals surface area contributed by atoms with Gasteiger partial charge in [-0.15, -0.1) is 0 Å². The highest BCUT2D eigenvalue weighted by molar-refractivity contribution is 5.06. The Labute approximate surface area is 63.9 Å². The third kappa shape index (κ3) is 2.16. The fraction of sp³-hybridized carbons (Fsp3) is 0.429. The lowest BCUT2D eigenvalue weighted by atomic mass is 10.3. The molecule has 0 amide bonds. The Balaban J connectivity index is 2.99. The molecule has 0 unspecified atom stereocenters. The average Bonchev–Trinajstić information content (AvgIpc) is 1.85. The van der Waals surface area contributed by atoms with Crippen molar-refractivity contribution in [3.8, 4) is 0 Å². The van der Waals surface area contributed by atoms with Gasteiger partial charge in [-0.2, -0.15) is 4.98 Å². The molecule has 0 fully saturated rings. The highest BCUT2D eigenvalue weighted by Gasteiger charge is 1.95. The number of hydrogen-bond acceptors (Lipinski definition) is 3. The predicted molar refractivity (Wildman–Crippen MR) is 40.4 cm³/mol. The number of aryl methyl sites for hydroxylation is 1. The van der Waals surface area contributed by atoms with E-state index in [1.54, 1.807) is 13.0 Å². The number of hydrogen-bond donors (Lipinski definition) is 2. The minimum atomic E-state index is -0.353. The molecule has 2 N–H and O–H groups in total. The first-order valence-corrected chi connectivity index (χ1v) is 3.40. The van der Waals surface area contributed by atoms with Crippen molar-refractivity contribution in [3.63, 3.8) is 0 Å². The largest absolute Gasteiger partial charge is 0.396 e. The summed E-state index contributed by atoms with van der Waals surface area (Å²) in [5.41, 5.74) is 1.05. The van der Waals surface area contributed by atoms with Crippen molar-refractivity contribution in [2.24, 2.45) is 0 Å². The number of aromatic nitrogens is 2. The summed E-state index contributed by atoms with van der Waals surface area (Å²) < 4.78 is 0. The lowest BCUT2D eigenvalue weighted by Crippen LogP contribution is -2.14. The molecule has 0 aliphatic heterocycles. The van der Waals surface area contributed by atoms with Crippen LogP contribution in [0.4, 0.5) is 0 Å². The van der Waals surface area contributed by atoms with E-state index in [1.807, 2.05) is 0 Å². The smallest absolute Gasteiger partial charge is 0.345 e. The first-order chi connectivity index (χ1) is 5.22. The van der Waals surface area contributed by atoms with Crippen LogP contribution in [0.3, 0.4) is 0 Å². The van der Waals surface area contributed by atoms with Crippen LogP contribution in [-0.4, -0.2) is 21.7 Å². The summed E-state index contributed by atoms with van der Waals surface area (Å²) in [6.07, 6.45) is 0.435. The highest BCUT2D eigenvalue weighted by Crippen LogP contribution is 1.93. The zero-order valence-electron chi connectivity index (χ0n) is 6.29. The van der Waals surface area contributed by atoms with Crippen LogP contribution in [0.2, 0.25) is 0 Å². The SMILES string of the molecule is Cc1cc(CCO)nc(=O)[nH]1. The van der Waals surface area contributed by atoms with Crippen molar-refractivity contribution in [3.05, 3.63) is 27.9 Å². The molecule has 0 radical (unpaired) electrons. The molecule has 0 atom stereocenters. The number of nitrogens with one attached hydrogen (secondary N) is 1. The van der Waals surface area contributed by atoms with Crippen LogP contribution < -0.4 is 5.69 Å². The summed E-state index contributed by atoms with van der Waals surface area (Å²) in [5.74, 6) is 0. The normalized spacial score (nSPS) is 10.0. The minimum absolute atomic E-state index is 0.0237. The second-order valence-corrected chi connectivity index (χ2v) is 2.33. The Morgan fingerprint density at radius 1 is 1.73 bits per heavy atom. The molecular formula is C7H10N2O2. The van der Waals surface area contributed by atoms with E-state index in [-0.39, 0.29) is 12.3 Å². The Morgan fingerprint density at radius 2 is 2.45 bits per heavy atom. The lowest BCUT2D eigenvalue weighted by molar-refractivity contribution is 0.298. The molecule has 0 saturated carbocycles. The van der Waals surface area contributed by atoms with Gasteiger partial charge in [0.15, 0.2) is 0 Å². The number of H-pyrrole nitrogens is 1. The summed E-state index contributed by atoms with van der Waals surface area (Å²) in [4.78, 5) is 16.9. The number of nitrogens with zero attached hydrogens (tertiary/aromatic N) is 1. The van der Waals surface area contributed by atoms with Crippen molar-refractivity contribution in [2.45, 2.75) is 13.3 Å². The maximum atomic E-state index is 10.7. The van der Waals surface area contributed by atoms with E-state index in [9.17, 15) is 4.79 Å². The fourth-order valence-corrected chi connectivity index (χ4v) is 0.888. The van der Waals surface area contributed by atoms with Gasteiger partial charge in [-0.1, -0.05) is 0 Å². The molecule has 60 valence electrons. The van der Waals surface area contributed by atoms with Crippen molar-refractivity contribution in [1.29, 1.82) is 0 Å². The zero-order chi connectivity index (χ0) is 8.27. The molecule has 1 rings (SSSR count). The fourth-order valence-electron chi connectivity index (χ4n) is 0.888. The highest BCUT2D eigenvalue weighted by atomic mass is 16.3. The van der Waals surface area contributed by atoms with Gasteiger partial charge in [0.05, 0.1) is 5.69 Å². The second kappa shape index (κ2) is 3.30. The van der Waals surface area contributed by atoms with Crippen LogP contribution in [0.1, 0.15) is 11.4 Å². The van der Waals surface area contributed by atoms with Gasteiger partial charge >= 0.3 is 5.69 Å². The molecule has 1 aromatic heterocycles. The first-order valence-electron chi connectivity index (χ1n) is 3.40. The topological polar surface area (TPSA) is 66.0 Å². The Bertz CT molecular complexity index is 293. The monoisotopic (exact) mass is 154 g/mol. The third-order valence-corrected chi connectivity index (χ3v) is 1.30. The van der Waals surface area contributed by atoms with Crippen LogP contribution in [0.5, 0.6) is 0 Å². The number of rotatable bonds is 2. The molecule has 1 aromatic rings. The van der Waals surface area contributed by atoms with E-state index in [0.29, 0.717) is 12.1 Å². The van der Waals surface area contributed by atoms with Crippen LogP contribution in [-0.2, 0) is 6.42 Å². The lowest BCUT2D eigenvalue weighted by Gasteiger charge is -1.96. The van der Waals surface area contributed by atoms with Crippen LogP contribution >= 0.6 is 0 Å². The molecular weight excluding hydrogens is 144 g/mol. The van der Waals surface area contributed by atoms with Crippen molar-refractivity contribution in [2.75, 3.05) is 6.61 Å². The van der Waals surface area contributed by atoms with Crippen LogP contribution in [0.25, 0.3) is 0 Å². The molecule has 0 aromatic carbocycles. The number of aromatic amines is 1. The Kier molecular flexibility index (Phi) is 2.38. The quantitative estimate of drug-likeness (QED) is 0.609. The molecule has 0 bridgehead atoms. The standard InChI is InChI=1S/C7H10N2O2/c1-5-4-6(2-3-10)9-7(11)8-5/h4,10H,2-3H2,1H3,(H,8,9,11). The Hall–Kier alpha value is -1.16. The number of aliphatic hydroxyl groups excluding tert-OH is 1. The van der Waals surface area contributed by atoms with E-state index in [1.165, 1.54) is 0 Å². The van der Waals surface area contributed by atoms with E-state index in [4.69, 9.17) is 5.11 Å². The second-order valence-electron chi connectivity index (χ2n) is 2.33. The van der Waals surface area contributed by atoms with Gasteiger partial charge in [0.25, 0.3) is 0 Å². The molecule has 4 nitrogen and oxygen atoms in total. The molecule has 0 aliphatic rings. The summed E-state index contributed by atoms with van der Waals surface area (Å²) in [6.45, 7) is 1.81. The molecule has 0 saturated heterocycles. The van der Waals surface area contributed by atoms with Crippen molar-refractivity contribution in [1.82, 2.24) is 9.97 Å². The van der Waals surface area contributed by atoms with Crippen LogP contribution in [0, 0.1) is 6.92 Å². The van der Waals surface area contributed by atoms with Gasteiger partial charge in [0.2, 0.25) is 0 Å².